The monoisotopic (exact) mass is 618 g/mol. The molecular weight excluding hydrogens is 588 g/mol. The van der Waals surface area contributed by atoms with Crippen LogP contribution in [0.15, 0.2) is 118 Å². The van der Waals surface area contributed by atoms with E-state index in [1.165, 1.54) is 0 Å². The molecule has 46 heavy (non-hydrogen) atoms. The van der Waals surface area contributed by atoms with Crippen molar-refractivity contribution in [3.63, 3.8) is 0 Å². The lowest BCUT2D eigenvalue weighted by atomic mass is 10.1. The lowest BCUT2D eigenvalue weighted by molar-refractivity contribution is -0.130. The summed E-state index contributed by atoms with van der Waals surface area (Å²) in [4.78, 5) is 32.6. The molecule has 2 aliphatic heterocycles. The number of nitrogens with zero attached hydrogens (tertiary/aromatic N) is 2. The number of carbonyl (C=O) groups excluding carboxylic acids is 2. The number of cyclic esters (lactones) is 2. The van der Waals surface area contributed by atoms with Crippen LogP contribution in [0.25, 0.3) is 12.2 Å². The summed E-state index contributed by atoms with van der Waals surface area (Å²) in [7, 11) is 6.28. The summed E-state index contributed by atoms with van der Waals surface area (Å²) in [6.07, 6.45) is 3.27. The fourth-order valence-corrected chi connectivity index (χ4v) is 4.40. The highest BCUT2D eigenvalue weighted by molar-refractivity contribution is 6.13. The van der Waals surface area contributed by atoms with Gasteiger partial charge >= 0.3 is 11.9 Å². The van der Waals surface area contributed by atoms with Gasteiger partial charge in [0.15, 0.2) is 11.4 Å². The minimum absolute atomic E-state index is 0.229. The lowest BCUT2D eigenvalue weighted by Gasteiger charge is -2.07. The molecule has 0 aromatic heterocycles. The quantitative estimate of drug-likeness (QED) is 0.172. The Labute approximate surface area is 265 Å². The predicted molar refractivity (Wildman–Crippen MR) is 173 cm³/mol. The SMILES string of the molecule is COc1ccc(/C=C2\N=C(c3ccccc3)OC2=O)c(OC)c1.COc1ccc(/C=C2\N=C(c3ccccc3)OC2=O)c(OC)c1. The maximum absolute atomic E-state index is 12.0. The van der Waals surface area contributed by atoms with Gasteiger partial charge in [0.2, 0.25) is 11.8 Å². The van der Waals surface area contributed by atoms with E-state index in [4.69, 9.17) is 28.4 Å². The van der Waals surface area contributed by atoms with Crippen LogP contribution in [0.1, 0.15) is 22.3 Å². The van der Waals surface area contributed by atoms with Crippen molar-refractivity contribution in [1.82, 2.24) is 0 Å². The van der Waals surface area contributed by atoms with Crippen molar-refractivity contribution >= 4 is 35.9 Å². The van der Waals surface area contributed by atoms with Crippen molar-refractivity contribution in [1.29, 1.82) is 0 Å². The van der Waals surface area contributed by atoms with E-state index in [1.807, 2.05) is 60.7 Å². The van der Waals surface area contributed by atoms with E-state index in [-0.39, 0.29) is 11.4 Å². The van der Waals surface area contributed by atoms with Crippen molar-refractivity contribution in [3.8, 4) is 23.0 Å². The van der Waals surface area contributed by atoms with Crippen molar-refractivity contribution < 1.29 is 38.0 Å². The van der Waals surface area contributed by atoms with Gasteiger partial charge in [0.25, 0.3) is 0 Å². The van der Waals surface area contributed by atoms with Crippen LogP contribution in [-0.2, 0) is 19.1 Å². The van der Waals surface area contributed by atoms with Crippen molar-refractivity contribution in [2.75, 3.05) is 28.4 Å². The summed E-state index contributed by atoms with van der Waals surface area (Å²) < 4.78 is 31.4. The van der Waals surface area contributed by atoms with Gasteiger partial charge in [-0.15, -0.1) is 0 Å². The van der Waals surface area contributed by atoms with Crippen LogP contribution in [0.4, 0.5) is 0 Å². The Morgan fingerprint density at radius 2 is 0.913 bits per heavy atom. The molecular formula is C36H30N2O8. The van der Waals surface area contributed by atoms with E-state index in [0.717, 1.165) is 22.3 Å². The average Bonchev–Trinajstić information content (AvgIpc) is 3.67. The van der Waals surface area contributed by atoms with Gasteiger partial charge in [0, 0.05) is 34.4 Å². The van der Waals surface area contributed by atoms with Crippen LogP contribution in [0.3, 0.4) is 0 Å². The molecule has 0 radical (unpaired) electrons. The zero-order chi connectivity index (χ0) is 32.5. The molecule has 6 rings (SSSR count). The van der Waals surface area contributed by atoms with Gasteiger partial charge in [0.1, 0.15) is 23.0 Å². The maximum Gasteiger partial charge on any atom is 0.363 e. The summed E-state index contributed by atoms with van der Waals surface area (Å²) in [6, 6.07) is 29.2. The molecule has 0 bridgehead atoms. The second-order valence-corrected chi connectivity index (χ2v) is 9.62. The number of aliphatic imine (C=N–C) groups is 2. The molecule has 2 heterocycles. The minimum Gasteiger partial charge on any atom is -0.497 e. The Morgan fingerprint density at radius 1 is 0.522 bits per heavy atom. The number of ether oxygens (including phenoxy) is 6. The first-order chi connectivity index (χ1) is 22.4. The molecule has 10 heteroatoms. The van der Waals surface area contributed by atoms with Gasteiger partial charge in [-0.25, -0.2) is 19.6 Å². The van der Waals surface area contributed by atoms with Gasteiger partial charge in [-0.2, -0.15) is 0 Å². The van der Waals surface area contributed by atoms with Crippen LogP contribution < -0.4 is 18.9 Å². The van der Waals surface area contributed by atoms with Gasteiger partial charge < -0.3 is 28.4 Å². The fraction of sp³-hybridized carbons (Fsp3) is 0.111. The Bertz CT molecular complexity index is 1720. The summed E-state index contributed by atoms with van der Waals surface area (Å²) in [5.41, 5.74) is 3.41. The van der Waals surface area contributed by atoms with Crippen LogP contribution >= 0.6 is 0 Å². The maximum atomic E-state index is 12.0. The largest absolute Gasteiger partial charge is 0.497 e. The number of esters is 2. The van der Waals surface area contributed by atoms with Gasteiger partial charge in [-0.05, 0) is 60.7 Å². The van der Waals surface area contributed by atoms with E-state index >= 15 is 0 Å². The van der Waals surface area contributed by atoms with Gasteiger partial charge in [-0.3, -0.25) is 0 Å². The molecule has 2 aliphatic rings. The highest BCUT2D eigenvalue weighted by Crippen LogP contribution is 2.29. The number of benzene rings is 4. The fourth-order valence-electron chi connectivity index (χ4n) is 4.40. The smallest absolute Gasteiger partial charge is 0.363 e. The molecule has 0 N–H and O–H groups in total. The molecule has 0 atom stereocenters. The highest BCUT2D eigenvalue weighted by Gasteiger charge is 2.25. The van der Waals surface area contributed by atoms with E-state index in [1.54, 1.807) is 77.0 Å². The predicted octanol–water partition coefficient (Wildman–Crippen LogP) is 6.10. The third-order valence-corrected chi connectivity index (χ3v) is 6.75. The van der Waals surface area contributed by atoms with E-state index in [9.17, 15) is 9.59 Å². The molecule has 0 aliphatic carbocycles. The molecule has 232 valence electrons. The molecule has 0 spiro atoms. The standard InChI is InChI=1S/2C18H15NO4/c2*1-21-14-9-8-13(16(11-14)22-2)10-15-18(20)23-17(19-15)12-6-4-3-5-7-12/h2*3-11H,1-2H3/b2*15-10-. The first-order valence-electron chi connectivity index (χ1n) is 14.0. The minimum atomic E-state index is -0.485. The van der Waals surface area contributed by atoms with E-state index in [2.05, 4.69) is 9.98 Å². The lowest BCUT2D eigenvalue weighted by Crippen LogP contribution is -2.05. The number of methoxy groups -OCH3 is 4. The molecule has 0 unspecified atom stereocenters. The Morgan fingerprint density at radius 3 is 1.26 bits per heavy atom. The van der Waals surface area contributed by atoms with Crippen LogP contribution in [0.2, 0.25) is 0 Å². The van der Waals surface area contributed by atoms with Gasteiger partial charge in [-0.1, -0.05) is 36.4 Å². The summed E-state index contributed by atoms with van der Waals surface area (Å²) in [5, 5.41) is 0. The van der Waals surface area contributed by atoms with Crippen molar-refractivity contribution in [2.45, 2.75) is 0 Å². The summed E-state index contributed by atoms with van der Waals surface area (Å²) in [5.74, 6) is 2.16. The van der Waals surface area contributed by atoms with E-state index < -0.39 is 11.9 Å². The molecule has 0 fully saturated rings. The third-order valence-electron chi connectivity index (χ3n) is 6.75. The normalized spacial score (nSPS) is 15.3. The number of rotatable bonds is 8. The molecule has 0 saturated heterocycles. The van der Waals surface area contributed by atoms with Crippen molar-refractivity contribution in [2.24, 2.45) is 9.98 Å². The Balaban J connectivity index is 0.000000181. The van der Waals surface area contributed by atoms with Gasteiger partial charge in [0.05, 0.1) is 28.4 Å². The molecule has 10 nitrogen and oxygen atoms in total. The second kappa shape index (κ2) is 14.5. The van der Waals surface area contributed by atoms with Crippen LogP contribution in [0, 0.1) is 0 Å². The summed E-state index contributed by atoms with van der Waals surface area (Å²) in [6.45, 7) is 0. The Kier molecular flexibility index (Phi) is 9.89. The average molecular weight is 619 g/mol. The molecule has 0 saturated carbocycles. The first kappa shape index (κ1) is 31.3. The summed E-state index contributed by atoms with van der Waals surface area (Å²) >= 11 is 0. The molecule has 0 amide bonds. The van der Waals surface area contributed by atoms with Crippen LogP contribution in [0.5, 0.6) is 23.0 Å². The van der Waals surface area contributed by atoms with Crippen molar-refractivity contribution in [3.05, 3.63) is 131 Å². The number of hydrogen-bond donors (Lipinski definition) is 0. The Hall–Kier alpha value is -6.16. The molecule has 4 aromatic carbocycles. The zero-order valence-corrected chi connectivity index (χ0v) is 25.6. The number of carbonyl (C=O) groups is 2. The second-order valence-electron chi connectivity index (χ2n) is 9.62. The topological polar surface area (TPSA) is 114 Å². The first-order valence-corrected chi connectivity index (χ1v) is 14.0. The van der Waals surface area contributed by atoms with Crippen LogP contribution in [-0.4, -0.2) is 52.2 Å². The highest BCUT2D eigenvalue weighted by atomic mass is 16.6. The third kappa shape index (κ3) is 7.31. The number of hydrogen-bond acceptors (Lipinski definition) is 10. The zero-order valence-electron chi connectivity index (χ0n) is 25.6. The van der Waals surface area contributed by atoms with E-state index in [0.29, 0.717) is 34.8 Å². The molecule has 4 aromatic rings.